The highest BCUT2D eigenvalue weighted by atomic mass is 35.5. The molecule has 1 nitrogen and oxygen atoms in total. The van der Waals surface area contributed by atoms with E-state index in [9.17, 15) is 0 Å². The van der Waals surface area contributed by atoms with Gasteiger partial charge in [-0.2, -0.15) is 0 Å². The molecule has 1 N–H and O–H groups in total. The second kappa shape index (κ2) is 7.30. The van der Waals surface area contributed by atoms with E-state index in [1.165, 1.54) is 16.9 Å². The van der Waals surface area contributed by atoms with Crippen molar-refractivity contribution in [3.05, 3.63) is 28.8 Å². The van der Waals surface area contributed by atoms with E-state index >= 15 is 0 Å². The van der Waals surface area contributed by atoms with Gasteiger partial charge in [0.05, 0.1) is 0 Å². The van der Waals surface area contributed by atoms with Crippen LogP contribution >= 0.6 is 23.4 Å². The Morgan fingerprint density at radius 3 is 2.59 bits per heavy atom. The summed E-state index contributed by atoms with van der Waals surface area (Å²) >= 11 is 8.00. The number of rotatable bonds is 6. The molecule has 0 heterocycles. The Labute approximate surface area is 114 Å². The van der Waals surface area contributed by atoms with Crippen LogP contribution < -0.4 is 5.32 Å². The molecule has 0 bridgehead atoms. The highest BCUT2D eigenvalue weighted by molar-refractivity contribution is 8.00. The van der Waals surface area contributed by atoms with Crippen molar-refractivity contribution < 1.29 is 0 Å². The zero-order valence-corrected chi connectivity index (χ0v) is 12.7. The zero-order chi connectivity index (χ0) is 12.8. The maximum atomic E-state index is 6.07. The van der Waals surface area contributed by atoms with Crippen LogP contribution in [0.5, 0.6) is 0 Å². The van der Waals surface area contributed by atoms with Gasteiger partial charge in [-0.05, 0) is 30.2 Å². The fourth-order valence-corrected chi connectivity index (χ4v) is 2.64. The van der Waals surface area contributed by atoms with Gasteiger partial charge in [-0.15, -0.1) is 11.8 Å². The van der Waals surface area contributed by atoms with Crippen LogP contribution in [-0.4, -0.2) is 11.3 Å². The average Bonchev–Trinajstić information content (AvgIpc) is 2.29. The third-order valence-electron chi connectivity index (χ3n) is 2.63. The van der Waals surface area contributed by atoms with E-state index in [0.29, 0.717) is 11.3 Å². The first-order valence-electron chi connectivity index (χ1n) is 6.21. The Morgan fingerprint density at radius 2 is 2.00 bits per heavy atom. The molecular formula is C14H22ClNS. The lowest BCUT2D eigenvalue weighted by Crippen LogP contribution is -2.22. The Morgan fingerprint density at radius 1 is 1.29 bits per heavy atom. The monoisotopic (exact) mass is 271 g/mol. The maximum Gasteiger partial charge on any atom is 0.0410 e. The fraction of sp³-hybridized carbons (Fsp3) is 0.571. The van der Waals surface area contributed by atoms with Crippen molar-refractivity contribution in [2.75, 3.05) is 0 Å². The van der Waals surface area contributed by atoms with Crippen molar-refractivity contribution in [1.29, 1.82) is 0 Å². The first-order chi connectivity index (χ1) is 8.02. The number of thioether (sulfide) groups is 1. The zero-order valence-electron chi connectivity index (χ0n) is 11.1. The second-order valence-corrected chi connectivity index (χ2v) is 6.54. The molecule has 0 aliphatic carbocycles. The molecule has 1 atom stereocenters. The second-order valence-electron chi connectivity index (χ2n) is 4.62. The maximum absolute atomic E-state index is 6.07. The third-order valence-corrected chi connectivity index (χ3v) is 4.25. The Kier molecular flexibility index (Phi) is 6.39. The van der Waals surface area contributed by atoms with E-state index < -0.39 is 0 Å². The van der Waals surface area contributed by atoms with Gasteiger partial charge < -0.3 is 5.32 Å². The number of nitrogens with one attached hydrogen (secondary N) is 1. The molecule has 1 aromatic rings. The van der Waals surface area contributed by atoms with Crippen molar-refractivity contribution in [3.8, 4) is 0 Å². The van der Waals surface area contributed by atoms with Crippen LogP contribution in [-0.2, 0) is 6.54 Å². The number of benzene rings is 1. The SMILES string of the molecule is CCC(C)Sc1ccc(Cl)cc1CNC(C)C. The Balaban J connectivity index is 2.79. The molecule has 17 heavy (non-hydrogen) atoms. The van der Waals surface area contributed by atoms with Gasteiger partial charge in [0.25, 0.3) is 0 Å². The van der Waals surface area contributed by atoms with Crippen LogP contribution in [0.1, 0.15) is 39.7 Å². The molecule has 3 heteroatoms. The van der Waals surface area contributed by atoms with E-state index in [1.54, 1.807) is 0 Å². The third kappa shape index (κ3) is 5.33. The quantitative estimate of drug-likeness (QED) is 0.751. The molecule has 96 valence electrons. The Hall–Kier alpha value is -0.180. The molecule has 0 saturated heterocycles. The summed E-state index contributed by atoms with van der Waals surface area (Å²) in [5.41, 5.74) is 1.30. The molecule has 1 aromatic carbocycles. The number of halogens is 1. The molecule has 1 unspecified atom stereocenters. The van der Waals surface area contributed by atoms with Crippen molar-refractivity contribution in [1.82, 2.24) is 5.32 Å². The highest BCUT2D eigenvalue weighted by Gasteiger charge is 2.08. The van der Waals surface area contributed by atoms with Crippen LogP contribution in [0.4, 0.5) is 0 Å². The predicted molar refractivity (Wildman–Crippen MR) is 79.0 cm³/mol. The first-order valence-corrected chi connectivity index (χ1v) is 7.47. The largest absolute Gasteiger partial charge is 0.310 e. The summed E-state index contributed by atoms with van der Waals surface area (Å²) in [7, 11) is 0. The van der Waals surface area contributed by atoms with Crippen LogP contribution in [0.25, 0.3) is 0 Å². The normalized spacial score (nSPS) is 13.1. The summed E-state index contributed by atoms with van der Waals surface area (Å²) in [6.45, 7) is 9.69. The summed E-state index contributed by atoms with van der Waals surface area (Å²) in [6.07, 6.45) is 1.18. The molecule has 0 amide bonds. The minimum atomic E-state index is 0.496. The summed E-state index contributed by atoms with van der Waals surface area (Å²) in [5.74, 6) is 0. The van der Waals surface area contributed by atoms with E-state index in [2.05, 4.69) is 45.1 Å². The van der Waals surface area contributed by atoms with Gasteiger partial charge in [0, 0.05) is 27.8 Å². The van der Waals surface area contributed by atoms with Crippen LogP contribution in [0.15, 0.2) is 23.1 Å². The van der Waals surface area contributed by atoms with Crippen molar-refractivity contribution in [3.63, 3.8) is 0 Å². The van der Waals surface area contributed by atoms with E-state index in [0.717, 1.165) is 11.6 Å². The van der Waals surface area contributed by atoms with Gasteiger partial charge in [0.15, 0.2) is 0 Å². The van der Waals surface area contributed by atoms with Gasteiger partial charge in [-0.25, -0.2) is 0 Å². The van der Waals surface area contributed by atoms with E-state index in [1.807, 2.05) is 17.8 Å². The number of hydrogen-bond acceptors (Lipinski definition) is 2. The summed E-state index contributed by atoms with van der Waals surface area (Å²) in [6, 6.07) is 6.68. The topological polar surface area (TPSA) is 12.0 Å². The lowest BCUT2D eigenvalue weighted by Gasteiger charge is -2.15. The standard InChI is InChI=1S/C14H22ClNS/c1-5-11(4)17-14-7-6-13(15)8-12(14)9-16-10(2)3/h6-8,10-11,16H,5,9H2,1-4H3. The van der Waals surface area contributed by atoms with Crippen LogP contribution in [0.2, 0.25) is 5.02 Å². The minimum Gasteiger partial charge on any atom is -0.310 e. The molecular weight excluding hydrogens is 250 g/mol. The summed E-state index contributed by atoms with van der Waals surface area (Å²) in [5, 5.41) is 4.91. The van der Waals surface area contributed by atoms with Gasteiger partial charge in [-0.1, -0.05) is 39.3 Å². The molecule has 0 radical (unpaired) electrons. The Bertz CT molecular complexity index is 352. The van der Waals surface area contributed by atoms with Crippen molar-refractivity contribution >= 4 is 23.4 Å². The first kappa shape index (κ1) is 14.9. The summed E-state index contributed by atoms with van der Waals surface area (Å²) < 4.78 is 0. The van der Waals surface area contributed by atoms with Crippen molar-refractivity contribution in [2.45, 2.75) is 56.8 Å². The highest BCUT2D eigenvalue weighted by Crippen LogP contribution is 2.30. The molecule has 0 saturated carbocycles. The van der Waals surface area contributed by atoms with Gasteiger partial charge in [-0.3, -0.25) is 0 Å². The molecule has 0 aromatic heterocycles. The van der Waals surface area contributed by atoms with Crippen LogP contribution in [0.3, 0.4) is 0 Å². The van der Waals surface area contributed by atoms with Gasteiger partial charge >= 0.3 is 0 Å². The summed E-state index contributed by atoms with van der Waals surface area (Å²) in [4.78, 5) is 1.34. The minimum absolute atomic E-state index is 0.496. The molecule has 0 spiro atoms. The average molecular weight is 272 g/mol. The lowest BCUT2D eigenvalue weighted by atomic mass is 10.2. The van der Waals surface area contributed by atoms with Crippen LogP contribution in [0, 0.1) is 0 Å². The molecule has 0 aliphatic rings. The predicted octanol–water partition coefficient (Wildman–Crippen LogP) is 4.73. The van der Waals surface area contributed by atoms with Crippen molar-refractivity contribution in [2.24, 2.45) is 0 Å². The molecule has 1 rings (SSSR count). The fourth-order valence-electron chi connectivity index (χ4n) is 1.42. The smallest absolute Gasteiger partial charge is 0.0410 e. The van der Waals surface area contributed by atoms with E-state index in [4.69, 9.17) is 11.6 Å². The molecule has 0 fully saturated rings. The van der Waals surface area contributed by atoms with E-state index in [-0.39, 0.29) is 0 Å². The lowest BCUT2D eigenvalue weighted by molar-refractivity contribution is 0.584. The number of hydrogen-bond donors (Lipinski definition) is 1. The van der Waals surface area contributed by atoms with Gasteiger partial charge in [0.1, 0.15) is 0 Å². The molecule has 0 aliphatic heterocycles. The van der Waals surface area contributed by atoms with Gasteiger partial charge in [0.2, 0.25) is 0 Å².